The second-order valence-electron chi connectivity index (χ2n) is 5.84. The first kappa shape index (κ1) is 15.0. The molecule has 4 heterocycles. The number of hydrogen-bond acceptors (Lipinski definition) is 6. The van der Waals surface area contributed by atoms with Gasteiger partial charge in [-0.1, -0.05) is 0 Å². The Kier molecular flexibility index (Phi) is 3.64. The molecule has 0 radical (unpaired) electrons. The number of fused-ring (bicyclic) bond motifs is 1. The van der Waals surface area contributed by atoms with Crippen molar-refractivity contribution in [1.82, 2.24) is 29.6 Å². The number of hydrogen-bond donors (Lipinski definition) is 1. The highest BCUT2D eigenvalue weighted by Gasteiger charge is 2.32. The summed E-state index contributed by atoms with van der Waals surface area (Å²) in [6, 6.07) is 1.67. The summed E-state index contributed by atoms with van der Waals surface area (Å²) in [5.41, 5.74) is 0.497. The van der Waals surface area contributed by atoms with Crippen molar-refractivity contribution in [3.8, 4) is 0 Å². The standard InChI is InChI=1S/C15H16N6O2S/c1-9-17-14(19-18-9)11-3-2-5-21(11)12(22)7-20-8-16-10-4-6-24-13(10)15(20)23/h4,6,8,11H,2-3,5,7H2,1H3,(H,17,18,19)/t11-/m0/s1. The molecule has 1 saturated heterocycles. The third-order valence-electron chi connectivity index (χ3n) is 4.23. The number of nitrogens with one attached hydrogen (secondary N) is 1. The topological polar surface area (TPSA) is 96.8 Å². The smallest absolute Gasteiger partial charge is 0.271 e. The van der Waals surface area contributed by atoms with Gasteiger partial charge in [0.15, 0.2) is 5.82 Å². The Labute approximate surface area is 141 Å². The summed E-state index contributed by atoms with van der Waals surface area (Å²) in [6.45, 7) is 2.47. The van der Waals surface area contributed by atoms with Crippen LogP contribution in [0.3, 0.4) is 0 Å². The highest BCUT2D eigenvalue weighted by atomic mass is 32.1. The van der Waals surface area contributed by atoms with Gasteiger partial charge in [0.1, 0.15) is 17.1 Å². The number of likely N-dealkylation sites (tertiary alicyclic amines) is 1. The van der Waals surface area contributed by atoms with E-state index in [1.165, 1.54) is 22.2 Å². The predicted octanol–water partition coefficient (Wildman–Crippen LogP) is 1.25. The van der Waals surface area contributed by atoms with Crippen molar-refractivity contribution in [2.24, 2.45) is 0 Å². The van der Waals surface area contributed by atoms with Crippen molar-refractivity contribution >= 4 is 27.5 Å². The number of nitrogens with zero attached hydrogens (tertiary/aromatic N) is 5. The van der Waals surface area contributed by atoms with Crippen molar-refractivity contribution < 1.29 is 4.79 Å². The zero-order valence-electron chi connectivity index (χ0n) is 13.1. The Hall–Kier alpha value is -2.55. The van der Waals surface area contributed by atoms with Crippen LogP contribution in [0.25, 0.3) is 10.2 Å². The van der Waals surface area contributed by atoms with Crippen LogP contribution in [0, 0.1) is 6.92 Å². The number of amides is 1. The summed E-state index contributed by atoms with van der Waals surface area (Å²) < 4.78 is 1.95. The molecule has 124 valence electrons. The van der Waals surface area contributed by atoms with Crippen LogP contribution >= 0.6 is 11.3 Å². The second-order valence-corrected chi connectivity index (χ2v) is 6.75. The highest BCUT2D eigenvalue weighted by Crippen LogP contribution is 2.29. The predicted molar refractivity (Wildman–Crippen MR) is 88.7 cm³/mol. The van der Waals surface area contributed by atoms with Crippen molar-refractivity contribution in [3.05, 3.63) is 39.8 Å². The van der Waals surface area contributed by atoms with Crippen LogP contribution in [-0.4, -0.2) is 42.1 Å². The maximum absolute atomic E-state index is 12.7. The van der Waals surface area contributed by atoms with Crippen molar-refractivity contribution in [2.45, 2.75) is 32.4 Å². The molecule has 4 rings (SSSR count). The summed E-state index contributed by atoms with van der Waals surface area (Å²) in [6.07, 6.45) is 3.18. The number of carbonyl (C=O) groups excluding carboxylic acids is 1. The Bertz CT molecular complexity index is 958. The average molecular weight is 344 g/mol. The Morgan fingerprint density at radius 2 is 2.38 bits per heavy atom. The molecule has 1 amide bonds. The monoisotopic (exact) mass is 344 g/mol. The summed E-state index contributed by atoms with van der Waals surface area (Å²) in [4.78, 5) is 35.5. The second kappa shape index (κ2) is 5.82. The third-order valence-corrected chi connectivity index (χ3v) is 5.12. The molecule has 24 heavy (non-hydrogen) atoms. The van der Waals surface area contributed by atoms with Gasteiger partial charge in [-0.3, -0.25) is 19.3 Å². The lowest BCUT2D eigenvalue weighted by Crippen LogP contribution is -2.36. The molecule has 1 fully saturated rings. The molecule has 3 aromatic heterocycles. The minimum Gasteiger partial charge on any atom is -0.331 e. The quantitative estimate of drug-likeness (QED) is 0.771. The van der Waals surface area contributed by atoms with Crippen LogP contribution in [0.1, 0.15) is 30.5 Å². The molecule has 1 aliphatic heterocycles. The number of thiophene rings is 1. The van der Waals surface area contributed by atoms with Crippen molar-refractivity contribution in [2.75, 3.05) is 6.54 Å². The van der Waals surface area contributed by atoms with Crippen LogP contribution in [-0.2, 0) is 11.3 Å². The molecule has 3 aromatic rings. The average Bonchev–Trinajstić information content (AvgIpc) is 3.28. The lowest BCUT2D eigenvalue weighted by molar-refractivity contribution is -0.133. The Morgan fingerprint density at radius 3 is 3.17 bits per heavy atom. The number of carbonyl (C=O) groups is 1. The van der Waals surface area contributed by atoms with E-state index in [0.717, 1.165) is 18.7 Å². The van der Waals surface area contributed by atoms with Gasteiger partial charge in [0.05, 0.1) is 17.9 Å². The maximum Gasteiger partial charge on any atom is 0.271 e. The van der Waals surface area contributed by atoms with Gasteiger partial charge in [0, 0.05) is 6.54 Å². The van der Waals surface area contributed by atoms with Crippen LogP contribution in [0.15, 0.2) is 22.6 Å². The SMILES string of the molecule is Cc1nc([C@@H]2CCCN2C(=O)Cn2cnc3ccsc3c2=O)n[nH]1. The van der Waals surface area contributed by atoms with E-state index >= 15 is 0 Å². The molecule has 1 N–H and O–H groups in total. The van der Waals surface area contributed by atoms with Gasteiger partial charge in [0.25, 0.3) is 5.56 Å². The molecule has 0 spiro atoms. The van der Waals surface area contributed by atoms with E-state index in [2.05, 4.69) is 20.2 Å². The van der Waals surface area contributed by atoms with E-state index in [1.807, 2.05) is 12.3 Å². The van der Waals surface area contributed by atoms with Crippen molar-refractivity contribution in [3.63, 3.8) is 0 Å². The van der Waals surface area contributed by atoms with E-state index in [-0.39, 0.29) is 24.1 Å². The van der Waals surface area contributed by atoms with Gasteiger partial charge in [-0.15, -0.1) is 11.3 Å². The van der Waals surface area contributed by atoms with Gasteiger partial charge in [-0.2, -0.15) is 5.10 Å². The van der Waals surface area contributed by atoms with Crippen LogP contribution in [0.4, 0.5) is 0 Å². The summed E-state index contributed by atoms with van der Waals surface area (Å²) in [7, 11) is 0. The van der Waals surface area contributed by atoms with Gasteiger partial charge in [-0.25, -0.2) is 9.97 Å². The number of aromatic nitrogens is 5. The zero-order chi connectivity index (χ0) is 16.7. The van der Waals surface area contributed by atoms with Crippen molar-refractivity contribution in [1.29, 1.82) is 0 Å². The molecule has 0 saturated carbocycles. The maximum atomic E-state index is 12.7. The van der Waals surface area contributed by atoms with Gasteiger partial charge in [0.2, 0.25) is 5.91 Å². The molecule has 1 atom stereocenters. The van der Waals surface area contributed by atoms with Crippen LogP contribution in [0.5, 0.6) is 0 Å². The minimum absolute atomic E-state index is 0.0143. The fourth-order valence-electron chi connectivity index (χ4n) is 3.07. The summed E-state index contributed by atoms with van der Waals surface area (Å²) in [5, 5.41) is 8.82. The lowest BCUT2D eigenvalue weighted by atomic mass is 10.2. The van der Waals surface area contributed by atoms with E-state index in [9.17, 15) is 9.59 Å². The molecule has 0 aliphatic carbocycles. The van der Waals surface area contributed by atoms with Crippen LogP contribution in [0.2, 0.25) is 0 Å². The first-order valence-electron chi connectivity index (χ1n) is 7.74. The first-order chi connectivity index (χ1) is 11.6. The van der Waals surface area contributed by atoms with E-state index in [4.69, 9.17) is 0 Å². The Morgan fingerprint density at radius 1 is 1.50 bits per heavy atom. The zero-order valence-corrected chi connectivity index (χ0v) is 13.9. The normalized spacial score (nSPS) is 17.7. The molecule has 8 nitrogen and oxygen atoms in total. The molecule has 0 unspecified atom stereocenters. The van der Waals surface area contributed by atoms with Gasteiger partial charge < -0.3 is 4.90 Å². The third kappa shape index (κ3) is 2.50. The number of rotatable bonds is 3. The number of aromatic amines is 1. The molecule has 1 aliphatic rings. The largest absolute Gasteiger partial charge is 0.331 e. The fourth-order valence-corrected chi connectivity index (χ4v) is 3.86. The van der Waals surface area contributed by atoms with Gasteiger partial charge in [-0.05, 0) is 31.2 Å². The molecular formula is C15H16N6O2S. The molecule has 0 bridgehead atoms. The van der Waals surface area contributed by atoms with E-state index < -0.39 is 0 Å². The number of aryl methyl sites for hydroxylation is 1. The summed E-state index contributed by atoms with van der Waals surface area (Å²) >= 11 is 1.34. The lowest BCUT2D eigenvalue weighted by Gasteiger charge is -2.22. The van der Waals surface area contributed by atoms with E-state index in [0.29, 0.717) is 22.6 Å². The Balaban J connectivity index is 1.58. The summed E-state index contributed by atoms with van der Waals surface area (Å²) in [5.74, 6) is 1.25. The van der Waals surface area contributed by atoms with Gasteiger partial charge >= 0.3 is 0 Å². The molecule has 0 aromatic carbocycles. The van der Waals surface area contributed by atoms with Crippen LogP contribution < -0.4 is 5.56 Å². The minimum atomic E-state index is -0.173. The molecular weight excluding hydrogens is 328 g/mol. The first-order valence-corrected chi connectivity index (χ1v) is 8.62. The number of H-pyrrole nitrogens is 1. The highest BCUT2D eigenvalue weighted by molar-refractivity contribution is 7.17. The fraction of sp³-hybridized carbons (Fsp3) is 0.400. The molecule has 9 heteroatoms. The van der Waals surface area contributed by atoms with E-state index in [1.54, 1.807) is 11.0 Å².